The van der Waals surface area contributed by atoms with E-state index < -0.39 is 45.8 Å². The molecule has 2 rings (SSSR count). The van der Waals surface area contributed by atoms with E-state index in [0.29, 0.717) is 0 Å². The highest BCUT2D eigenvalue weighted by atomic mass is 79.9. The SMILES string of the molecule is CCOC(=O)c1c(CBr)oc2c(F)c(F)c(F)c(F)c12. The highest BCUT2D eigenvalue weighted by Crippen LogP contribution is 2.34. The molecule has 0 radical (unpaired) electrons. The number of halogens is 5. The zero-order chi connectivity index (χ0) is 15.0. The van der Waals surface area contributed by atoms with Gasteiger partial charge in [0.15, 0.2) is 17.2 Å². The van der Waals surface area contributed by atoms with Crippen LogP contribution in [-0.4, -0.2) is 12.6 Å². The summed E-state index contributed by atoms with van der Waals surface area (Å²) < 4.78 is 63.3. The Morgan fingerprint density at radius 1 is 1.15 bits per heavy atom. The minimum atomic E-state index is -2.01. The van der Waals surface area contributed by atoms with Gasteiger partial charge in [0.1, 0.15) is 11.3 Å². The third-order valence-electron chi connectivity index (χ3n) is 2.58. The lowest BCUT2D eigenvalue weighted by molar-refractivity contribution is 0.0526. The fourth-order valence-electron chi connectivity index (χ4n) is 1.76. The van der Waals surface area contributed by atoms with Crippen molar-refractivity contribution < 1.29 is 31.5 Å². The van der Waals surface area contributed by atoms with E-state index in [0.717, 1.165) is 0 Å². The summed E-state index contributed by atoms with van der Waals surface area (Å²) in [7, 11) is 0. The first-order valence-electron chi connectivity index (χ1n) is 5.44. The van der Waals surface area contributed by atoms with E-state index in [-0.39, 0.29) is 17.7 Å². The summed E-state index contributed by atoms with van der Waals surface area (Å²) in [6.45, 7) is 1.48. The van der Waals surface area contributed by atoms with Crippen molar-refractivity contribution >= 4 is 32.9 Å². The van der Waals surface area contributed by atoms with E-state index in [2.05, 4.69) is 20.7 Å². The topological polar surface area (TPSA) is 39.4 Å². The first kappa shape index (κ1) is 14.8. The van der Waals surface area contributed by atoms with Gasteiger partial charge in [-0.1, -0.05) is 15.9 Å². The number of rotatable bonds is 3. The Hall–Kier alpha value is -1.57. The normalized spacial score (nSPS) is 11.1. The number of carbonyl (C=O) groups is 1. The van der Waals surface area contributed by atoms with Crippen LogP contribution < -0.4 is 0 Å². The third kappa shape index (κ3) is 2.07. The zero-order valence-electron chi connectivity index (χ0n) is 10.0. The summed E-state index contributed by atoms with van der Waals surface area (Å²) in [5, 5.41) is -0.855. The summed E-state index contributed by atoms with van der Waals surface area (Å²) in [6.07, 6.45) is 0. The van der Waals surface area contributed by atoms with Crippen LogP contribution in [-0.2, 0) is 10.1 Å². The highest BCUT2D eigenvalue weighted by Gasteiger charge is 2.31. The van der Waals surface area contributed by atoms with Crippen molar-refractivity contribution in [1.29, 1.82) is 0 Å². The van der Waals surface area contributed by atoms with Crippen molar-refractivity contribution in [3.05, 3.63) is 34.6 Å². The van der Waals surface area contributed by atoms with Gasteiger partial charge in [-0.15, -0.1) is 0 Å². The standard InChI is InChI=1S/C12H7BrF4O3/c1-2-19-12(18)5-4(3-13)20-11-6(5)7(14)8(15)9(16)10(11)17/h2-3H2,1H3. The molecule has 0 saturated heterocycles. The number of ether oxygens (including phenoxy) is 1. The van der Waals surface area contributed by atoms with Crippen molar-refractivity contribution in [2.75, 3.05) is 6.61 Å². The fraction of sp³-hybridized carbons (Fsp3) is 0.250. The van der Waals surface area contributed by atoms with Crippen LogP contribution in [0, 0.1) is 23.3 Å². The summed E-state index contributed by atoms with van der Waals surface area (Å²) in [5.74, 6) is -8.59. The van der Waals surface area contributed by atoms with Crippen molar-refractivity contribution in [3.63, 3.8) is 0 Å². The van der Waals surface area contributed by atoms with Gasteiger partial charge >= 0.3 is 5.97 Å². The van der Waals surface area contributed by atoms with Crippen molar-refractivity contribution in [2.45, 2.75) is 12.3 Å². The molecule has 0 N–H and O–H groups in total. The summed E-state index contributed by atoms with van der Waals surface area (Å²) in [6, 6.07) is 0. The Balaban J connectivity index is 2.89. The average Bonchev–Trinajstić information content (AvgIpc) is 2.82. The Kier molecular flexibility index (Phi) is 4.03. The number of hydrogen-bond donors (Lipinski definition) is 0. The van der Waals surface area contributed by atoms with E-state index in [1.807, 2.05) is 0 Å². The van der Waals surface area contributed by atoms with Crippen LogP contribution in [0.25, 0.3) is 11.0 Å². The van der Waals surface area contributed by atoms with E-state index in [9.17, 15) is 22.4 Å². The molecule has 1 aromatic carbocycles. The minimum absolute atomic E-state index is 0.0268. The predicted octanol–water partition coefficient (Wildman–Crippen LogP) is 4.06. The van der Waals surface area contributed by atoms with Crippen LogP contribution >= 0.6 is 15.9 Å². The summed E-state index contributed by atoms with van der Waals surface area (Å²) >= 11 is 2.96. The molecule has 1 heterocycles. The maximum absolute atomic E-state index is 13.8. The van der Waals surface area contributed by atoms with Crippen LogP contribution in [0.1, 0.15) is 23.0 Å². The molecule has 108 valence electrons. The highest BCUT2D eigenvalue weighted by molar-refractivity contribution is 9.08. The maximum Gasteiger partial charge on any atom is 0.342 e. The molecular formula is C12H7BrF4O3. The van der Waals surface area contributed by atoms with Gasteiger partial charge in [0, 0.05) is 0 Å². The lowest BCUT2D eigenvalue weighted by Gasteiger charge is -2.02. The summed E-state index contributed by atoms with van der Waals surface area (Å²) in [4.78, 5) is 11.8. The van der Waals surface area contributed by atoms with Gasteiger partial charge in [0.25, 0.3) is 0 Å². The largest absolute Gasteiger partial charge is 0.462 e. The molecule has 0 aliphatic rings. The molecule has 0 bridgehead atoms. The Labute approximate surface area is 118 Å². The third-order valence-corrected chi connectivity index (χ3v) is 3.09. The molecule has 3 nitrogen and oxygen atoms in total. The molecule has 20 heavy (non-hydrogen) atoms. The molecule has 0 amide bonds. The summed E-state index contributed by atoms with van der Waals surface area (Å²) in [5.41, 5.74) is -1.33. The molecule has 0 aliphatic heterocycles. The number of fused-ring (bicyclic) bond motifs is 1. The molecule has 0 atom stereocenters. The molecule has 0 saturated carbocycles. The fourth-order valence-corrected chi connectivity index (χ4v) is 2.15. The van der Waals surface area contributed by atoms with Crippen LogP contribution in [0.15, 0.2) is 4.42 Å². The molecule has 1 aromatic heterocycles. The molecule has 0 aliphatic carbocycles. The van der Waals surface area contributed by atoms with E-state index in [1.165, 1.54) is 6.92 Å². The first-order chi connectivity index (χ1) is 9.43. The lowest BCUT2D eigenvalue weighted by Crippen LogP contribution is -2.07. The Bertz CT molecular complexity index is 696. The first-order valence-corrected chi connectivity index (χ1v) is 6.56. The van der Waals surface area contributed by atoms with Gasteiger partial charge in [-0.2, -0.15) is 4.39 Å². The van der Waals surface area contributed by atoms with E-state index in [1.54, 1.807) is 0 Å². The molecule has 8 heteroatoms. The minimum Gasteiger partial charge on any atom is -0.462 e. The van der Waals surface area contributed by atoms with Gasteiger partial charge in [-0.05, 0) is 6.92 Å². The average molecular weight is 355 g/mol. The molecule has 0 unspecified atom stereocenters. The second-order valence-electron chi connectivity index (χ2n) is 3.71. The van der Waals surface area contributed by atoms with Crippen LogP contribution in [0.3, 0.4) is 0 Å². The number of esters is 1. The Morgan fingerprint density at radius 2 is 1.75 bits per heavy atom. The van der Waals surface area contributed by atoms with Crippen LogP contribution in [0.2, 0.25) is 0 Å². The van der Waals surface area contributed by atoms with Crippen molar-refractivity contribution in [3.8, 4) is 0 Å². The monoisotopic (exact) mass is 354 g/mol. The number of furan rings is 1. The van der Waals surface area contributed by atoms with Crippen molar-refractivity contribution in [2.24, 2.45) is 0 Å². The lowest BCUT2D eigenvalue weighted by atomic mass is 10.1. The van der Waals surface area contributed by atoms with Gasteiger partial charge in [0.05, 0.1) is 17.3 Å². The molecule has 2 aromatic rings. The molecule has 0 fully saturated rings. The van der Waals surface area contributed by atoms with Crippen LogP contribution in [0.5, 0.6) is 0 Å². The molecule has 0 spiro atoms. The predicted molar refractivity (Wildman–Crippen MR) is 64.6 cm³/mol. The number of benzene rings is 1. The molecular weight excluding hydrogens is 348 g/mol. The maximum atomic E-state index is 13.8. The van der Waals surface area contributed by atoms with Crippen LogP contribution in [0.4, 0.5) is 17.6 Å². The number of hydrogen-bond acceptors (Lipinski definition) is 3. The second-order valence-corrected chi connectivity index (χ2v) is 4.28. The van der Waals surface area contributed by atoms with E-state index in [4.69, 9.17) is 4.42 Å². The second kappa shape index (κ2) is 5.43. The number of carbonyl (C=O) groups excluding carboxylic acids is 1. The van der Waals surface area contributed by atoms with Gasteiger partial charge < -0.3 is 9.15 Å². The van der Waals surface area contributed by atoms with E-state index >= 15 is 0 Å². The zero-order valence-corrected chi connectivity index (χ0v) is 11.6. The van der Waals surface area contributed by atoms with Gasteiger partial charge in [-0.25, -0.2) is 18.0 Å². The Morgan fingerprint density at radius 3 is 2.30 bits per heavy atom. The van der Waals surface area contributed by atoms with Gasteiger partial charge in [0.2, 0.25) is 11.6 Å². The smallest absolute Gasteiger partial charge is 0.342 e. The van der Waals surface area contributed by atoms with Crippen molar-refractivity contribution in [1.82, 2.24) is 0 Å². The number of alkyl halides is 1. The quantitative estimate of drug-likeness (QED) is 0.274. The van der Waals surface area contributed by atoms with Gasteiger partial charge in [-0.3, -0.25) is 0 Å².